The van der Waals surface area contributed by atoms with E-state index in [1.54, 1.807) is 14.2 Å². The number of carbonyl (C=O) groups is 1. The van der Waals surface area contributed by atoms with E-state index in [9.17, 15) is 4.79 Å². The number of Topliss-reactive ketones (excluding diaryl/α,β-unsaturated/α-hetero) is 1. The first-order chi connectivity index (χ1) is 12.1. The third-order valence-electron chi connectivity index (χ3n) is 4.76. The Hall–Kier alpha value is -2.08. The van der Waals surface area contributed by atoms with Crippen LogP contribution in [0.5, 0.6) is 11.5 Å². The van der Waals surface area contributed by atoms with Gasteiger partial charge in [0, 0.05) is 35.9 Å². The van der Waals surface area contributed by atoms with Crippen molar-refractivity contribution in [3.05, 3.63) is 35.0 Å². The van der Waals surface area contributed by atoms with Crippen LogP contribution in [0.2, 0.25) is 0 Å². The Kier molecular flexibility index (Phi) is 5.27. The molecule has 1 aromatic rings. The van der Waals surface area contributed by atoms with Gasteiger partial charge in [0.1, 0.15) is 11.5 Å². The predicted octanol–water partition coefficient (Wildman–Crippen LogP) is 3.35. The predicted molar refractivity (Wildman–Crippen MR) is 101 cm³/mol. The van der Waals surface area contributed by atoms with Gasteiger partial charge in [-0.05, 0) is 43.6 Å². The Morgan fingerprint density at radius 1 is 1.28 bits per heavy atom. The lowest BCUT2D eigenvalue weighted by atomic mass is 9.84. The summed E-state index contributed by atoms with van der Waals surface area (Å²) in [5, 5.41) is 4.05. The standard InChI is InChI=1S/C19H24N2O3S/c1-4-10-21-14-6-5-7-15(22)17(14)18(20-19(21)25)13-9-8-12(23-2)11-16(13)24-3/h8-9,11,18H,4-7,10H2,1-3H3,(H,20,25). The summed E-state index contributed by atoms with van der Waals surface area (Å²) in [7, 11) is 3.25. The van der Waals surface area contributed by atoms with Gasteiger partial charge in [0.25, 0.3) is 0 Å². The molecule has 25 heavy (non-hydrogen) atoms. The third-order valence-corrected chi connectivity index (χ3v) is 5.09. The minimum Gasteiger partial charge on any atom is -0.497 e. The monoisotopic (exact) mass is 360 g/mol. The molecular weight excluding hydrogens is 336 g/mol. The van der Waals surface area contributed by atoms with Crippen LogP contribution < -0.4 is 14.8 Å². The highest BCUT2D eigenvalue weighted by Crippen LogP contribution is 2.41. The lowest BCUT2D eigenvalue weighted by Crippen LogP contribution is -2.49. The summed E-state index contributed by atoms with van der Waals surface area (Å²) in [6.07, 6.45) is 3.33. The van der Waals surface area contributed by atoms with Crippen molar-refractivity contribution in [3.8, 4) is 11.5 Å². The number of rotatable bonds is 5. The molecule has 1 aromatic carbocycles. The highest BCUT2D eigenvalue weighted by atomic mass is 32.1. The maximum absolute atomic E-state index is 12.8. The molecule has 0 amide bonds. The van der Waals surface area contributed by atoms with Crippen molar-refractivity contribution in [3.63, 3.8) is 0 Å². The quantitative estimate of drug-likeness (QED) is 0.813. The summed E-state index contributed by atoms with van der Waals surface area (Å²) in [4.78, 5) is 14.8. The zero-order chi connectivity index (χ0) is 18.0. The molecule has 3 rings (SSSR count). The minimum absolute atomic E-state index is 0.195. The van der Waals surface area contributed by atoms with Gasteiger partial charge < -0.3 is 19.7 Å². The zero-order valence-corrected chi connectivity index (χ0v) is 15.7. The van der Waals surface area contributed by atoms with Gasteiger partial charge in [-0.3, -0.25) is 4.79 Å². The fourth-order valence-electron chi connectivity index (χ4n) is 3.60. The van der Waals surface area contributed by atoms with E-state index in [0.29, 0.717) is 17.3 Å². The molecule has 0 saturated carbocycles. The highest BCUT2D eigenvalue weighted by Gasteiger charge is 2.37. The van der Waals surface area contributed by atoms with Gasteiger partial charge in [-0.25, -0.2) is 0 Å². The number of nitrogens with one attached hydrogen (secondary N) is 1. The van der Waals surface area contributed by atoms with Crippen molar-refractivity contribution < 1.29 is 14.3 Å². The number of benzene rings is 1. The number of methoxy groups -OCH3 is 2. The average Bonchev–Trinajstić information content (AvgIpc) is 2.63. The summed E-state index contributed by atoms with van der Waals surface area (Å²) < 4.78 is 10.8. The van der Waals surface area contributed by atoms with Gasteiger partial charge in [-0.2, -0.15) is 0 Å². The van der Waals surface area contributed by atoms with E-state index < -0.39 is 0 Å². The average molecular weight is 360 g/mol. The van der Waals surface area contributed by atoms with Crippen LogP contribution in [0.1, 0.15) is 44.2 Å². The van der Waals surface area contributed by atoms with E-state index >= 15 is 0 Å². The van der Waals surface area contributed by atoms with Gasteiger partial charge in [0.05, 0.1) is 20.3 Å². The van der Waals surface area contributed by atoms with Crippen molar-refractivity contribution >= 4 is 23.1 Å². The second kappa shape index (κ2) is 7.44. The lowest BCUT2D eigenvalue weighted by Gasteiger charge is -2.41. The Labute approximate surface area is 154 Å². The van der Waals surface area contributed by atoms with E-state index in [-0.39, 0.29) is 11.8 Å². The van der Waals surface area contributed by atoms with Crippen molar-refractivity contribution in [2.45, 2.75) is 38.6 Å². The molecule has 0 saturated heterocycles. The van der Waals surface area contributed by atoms with Crippen molar-refractivity contribution in [2.24, 2.45) is 0 Å². The largest absolute Gasteiger partial charge is 0.497 e. The third kappa shape index (κ3) is 3.23. The molecule has 0 bridgehead atoms. The van der Waals surface area contributed by atoms with Gasteiger partial charge >= 0.3 is 0 Å². The molecule has 5 nitrogen and oxygen atoms in total. The molecule has 1 aliphatic carbocycles. The highest BCUT2D eigenvalue weighted by molar-refractivity contribution is 7.80. The van der Waals surface area contributed by atoms with Crippen LogP contribution in [0.25, 0.3) is 0 Å². The van der Waals surface area contributed by atoms with E-state index in [1.807, 2.05) is 18.2 Å². The molecule has 0 aromatic heterocycles. The Morgan fingerprint density at radius 3 is 2.76 bits per heavy atom. The fourth-order valence-corrected chi connectivity index (χ4v) is 3.92. The molecule has 1 unspecified atom stereocenters. The molecule has 0 fully saturated rings. The van der Waals surface area contributed by atoms with Gasteiger partial charge in [0.15, 0.2) is 10.9 Å². The van der Waals surface area contributed by atoms with E-state index in [1.165, 1.54) is 0 Å². The van der Waals surface area contributed by atoms with E-state index in [2.05, 4.69) is 17.1 Å². The smallest absolute Gasteiger partial charge is 0.173 e. The SMILES string of the molecule is CCCN1C(=S)NC(c2ccc(OC)cc2OC)C2=C1CCCC2=O. The zero-order valence-electron chi connectivity index (χ0n) is 14.9. The minimum atomic E-state index is -0.274. The van der Waals surface area contributed by atoms with Gasteiger partial charge in [0.2, 0.25) is 0 Å². The maximum Gasteiger partial charge on any atom is 0.173 e. The van der Waals surface area contributed by atoms with Gasteiger partial charge in [-0.1, -0.05) is 6.92 Å². The normalized spacial score (nSPS) is 20.3. The summed E-state index contributed by atoms with van der Waals surface area (Å²) in [6.45, 7) is 2.94. The molecular formula is C19H24N2O3S. The van der Waals surface area contributed by atoms with Crippen LogP contribution in [0.3, 0.4) is 0 Å². The first kappa shape index (κ1) is 17.7. The molecule has 0 spiro atoms. The molecule has 1 atom stereocenters. The summed E-state index contributed by atoms with van der Waals surface area (Å²) in [5.41, 5.74) is 2.81. The van der Waals surface area contributed by atoms with Crippen molar-refractivity contribution in [1.29, 1.82) is 0 Å². The summed E-state index contributed by atoms with van der Waals surface area (Å²) >= 11 is 5.61. The van der Waals surface area contributed by atoms with E-state index in [4.69, 9.17) is 21.7 Å². The number of ketones is 1. The molecule has 1 heterocycles. The molecule has 0 radical (unpaired) electrons. The first-order valence-electron chi connectivity index (χ1n) is 8.66. The van der Waals surface area contributed by atoms with Crippen molar-refractivity contribution in [2.75, 3.05) is 20.8 Å². The number of hydrogen-bond donors (Lipinski definition) is 1. The molecule has 2 aliphatic rings. The molecule has 1 aliphatic heterocycles. The van der Waals surface area contributed by atoms with Crippen molar-refractivity contribution in [1.82, 2.24) is 10.2 Å². The first-order valence-corrected chi connectivity index (χ1v) is 9.07. The second-order valence-electron chi connectivity index (χ2n) is 6.28. The lowest BCUT2D eigenvalue weighted by molar-refractivity contribution is -0.116. The number of thiocarbonyl (C=S) groups is 1. The topological polar surface area (TPSA) is 50.8 Å². The Morgan fingerprint density at radius 2 is 2.08 bits per heavy atom. The summed E-state index contributed by atoms with van der Waals surface area (Å²) in [6, 6.07) is 5.39. The van der Waals surface area contributed by atoms with Crippen LogP contribution in [-0.4, -0.2) is 36.6 Å². The van der Waals surface area contributed by atoms with Crippen LogP contribution in [0.4, 0.5) is 0 Å². The van der Waals surface area contributed by atoms with Crippen LogP contribution in [0, 0.1) is 0 Å². The van der Waals surface area contributed by atoms with Gasteiger partial charge in [-0.15, -0.1) is 0 Å². The maximum atomic E-state index is 12.8. The number of nitrogens with zero attached hydrogens (tertiary/aromatic N) is 1. The Balaban J connectivity index is 2.11. The fraction of sp³-hybridized carbons (Fsp3) is 0.474. The number of hydrogen-bond acceptors (Lipinski definition) is 4. The summed E-state index contributed by atoms with van der Waals surface area (Å²) in [5.74, 6) is 1.60. The number of ether oxygens (including phenoxy) is 2. The molecule has 6 heteroatoms. The molecule has 134 valence electrons. The van der Waals surface area contributed by atoms with Crippen LogP contribution in [-0.2, 0) is 4.79 Å². The second-order valence-corrected chi connectivity index (χ2v) is 6.67. The molecule has 1 N–H and O–H groups in total. The van der Waals surface area contributed by atoms with Crippen LogP contribution in [0.15, 0.2) is 29.5 Å². The van der Waals surface area contributed by atoms with E-state index in [0.717, 1.165) is 48.4 Å². The number of allylic oxidation sites excluding steroid dienone is 1. The Bertz CT molecular complexity index is 729. The number of carbonyl (C=O) groups excluding carboxylic acids is 1. The van der Waals surface area contributed by atoms with Crippen LogP contribution >= 0.6 is 12.2 Å².